The summed E-state index contributed by atoms with van der Waals surface area (Å²) in [6.45, 7) is 0.556. The SMILES string of the molecule is Nc1ccc(-c2n[nH]c(CCOc3ccccc3)n2)cc1. The molecule has 0 saturated heterocycles. The van der Waals surface area contributed by atoms with Crippen molar-refractivity contribution in [2.75, 3.05) is 12.3 Å². The lowest BCUT2D eigenvalue weighted by atomic mass is 10.2. The maximum absolute atomic E-state index is 5.67. The van der Waals surface area contributed by atoms with Gasteiger partial charge in [0.05, 0.1) is 6.61 Å². The maximum atomic E-state index is 5.67. The second kappa shape index (κ2) is 6.09. The third kappa shape index (κ3) is 3.39. The molecule has 0 spiro atoms. The van der Waals surface area contributed by atoms with E-state index in [1.807, 2.05) is 54.6 Å². The van der Waals surface area contributed by atoms with Crippen molar-refractivity contribution in [3.63, 3.8) is 0 Å². The topological polar surface area (TPSA) is 76.8 Å². The molecule has 1 aromatic heterocycles. The number of para-hydroxylation sites is 1. The highest BCUT2D eigenvalue weighted by Crippen LogP contribution is 2.16. The molecule has 0 fully saturated rings. The number of anilines is 1. The summed E-state index contributed by atoms with van der Waals surface area (Å²) in [5, 5.41) is 7.14. The summed E-state index contributed by atoms with van der Waals surface area (Å²) in [6.07, 6.45) is 0.677. The van der Waals surface area contributed by atoms with Gasteiger partial charge in [-0.2, -0.15) is 5.10 Å². The van der Waals surface area contributed by atoms with E-state index in [0.29, 0.717) is 18.9 Å². The lowest BCUT2D eigenvalue weighted by molar-refractivity contribution is 0.319. The summed E-state index contributed by atoms with van der Waals surface area (Å²) < 4.78 is 5.64. The van der Waals surface area contributed by atoms with Crippen molar-refractivity contribution in [3.05, 3.63) is 60.4 Å². The van der Waals surface area contributed by atoms with Crippen molar-refractivity contribution < 1.29 is 4.74 Å². The molecule has 5 heteroatoms. The van der Waals surface area contributed by atoms with Crippen LogP contribution in [-0.4, -0.2) is 21.8 Å². The number of nitrogen functional groups attached to an aromatic ring is 1. The van der Waals surface area contributed by atoms with Gasteiger partial charge in [-0.15, -0.1) is 0 Å². The molecule has 3 N–H and O–H groups in total. The van der Waals surface area contributed by atoms with E-state index in [9.17, 15) is 0 Å². The Balaban J connectivity index is 1.59. The van der Waals surface area contributed by atoms with Crippen LogP contribution in [0, 0.1) is 0 Å². The van der Waals surface area contributed by atoms with Gasteiger partial charge in [0.15, 0.2) is 5.82 Å². The van der Waals surface area contributed by atoms with Crippen LogP contribution in [0.5, 0.6) is 5.75 Å². The molecule has 0 radical (unpaired) electrons. The zero-order valence-electron chi connectivity index (χ0n) is 11.5. The largest absolute Gasteiger partial charge is 0.493 e. The first-order valence-corrected chi connectivity index (χ1v) is 6.76. The van der Waals surface area contributed by atoms with Gasteiger partial charge in [0, 0.05) is 17.7 Å². The number of hydrogen-bond donors (Lipinski definition) is 2. The van der Waals surface area contributed by atoms with Gasteiger partial charge in [0.1, 0.15) is 11.6 Å². The van der Waals surface area contributed by atoms with Crippen LogP contribution in [0.1, 0.15) is 5.82 Å². The standard InChI is InChI=1S/C16H16N4O/c17-13-8-6-12(7-9-13)16-18-15(19-20-16)10-11-21-14-4-2-1-3-5-14/h1-9H,10-11,17H2,(H,18,19,20). The predicted octanol–water partition coefficient (Wildman–Crippen LogP) is 2.68. The Kier molecular flexibility index (Phi) is 3.82. The number of nitrogens with zero attached hydrogens (tertiary/aromatic N) is 2. The van der Waals surface area contributed by atoms with E-state index in [4.69, 9.17) is 10.5 Å². The number of aromatic nitrogens is 3. The number of rotatable bonds is 5. The quantitative estimate of drug-likeness (QED) is 0.704. The monoisotopic (exact) mass is 280 g/mol. The van der Waals surface area contributed by atoms with Crippen molar-refractivity contribution in [3.8, 4) is 17.1 Å². The van der Waals surface area contributed by atoms with Crippen LogP contribution in [0.3, 0.4) is 0 Å². The molecule has 0 atom stereocenters. The molecule has 3 rings (SSSR count). The van der Waals surface area contributed by atoms with Gasteiger partial charge >= 0.3 is 0 Å². The lowest BCUT2D eigenvalue weighted by Gasteiger charge is -2.03. The molecule has 0 amide bonds. The molecule has 0 aliphatic rings. The summed E-state index contributed by atoms with van der Waals surface area (Å²) >= 11 is 0. The van der Waals surface area contributed by atoms with Crippen LogP contribution in [0.25, 0.3) is 11.4 Å². The van der Waals surface area contributed by atoms with Crippen LogP contribution in [0.15, 0.2) is 54.6 Å². The second-order valence-electron chi connectivity index (χ2n) is 4.64. The Morgan fingerprint density at radius 1 is 1.00 bits per heavy atom. The number of aromatic amines is 1. The maximum Gasteiger partial charge on any atom is 0.181 e. The van der Waals surface area contributed by atoms with Crippen LogP contribution in [0.4, 0.5) is 5.69 Å². The molecule has 0 aliphatic heterocycles. The molecule has 0 unspecified atom stereocenters. The summed E-state index contributed by atoms with van der Waals surface area (Å²) in [6, 6.07) is 17.2. The summed E-state index contributed by atoms with van der Waals surface area (Å²) in [5.41, 5.74) is 7.33. The van der Waals surface area contributed by atoms with Gasteiger partial charge in [0.25, 0.3) is 0 Å². The van der Waals surface area contributed by atoms with Crippen molar-refractivity contribution in [1.29, 1.82) is 0 Å². The van der Waals surface area contributed by atoms with Crippen LogP contribution >= 0.6 is 0 Å². The number of benzene rings is 2. The van der Waals surface area contributed by atoms with Crippen molar-refractivity contribution in [2.24, 2.45) is 0 Å². The minimum Gasteiger partial charge on any atom is -0.493 e. The second-order valence-corrected chi connectivity index (χ2v) is 4.64. The van der Waals surface area contributed by atoms with E-state index >= 15 is 0 Å². The van der Waals surface area contributed by atoms with Crippen molar-refractivity contribution in [1.82, 2.24) is 15.2 Å². The summed E-state index contributed by atoms with van der Waals surface area (Å²) in [7, 11) is 0. The summed E-state index contributed by atoms with van der Waals surface area (Å²) in [5.74, 6) is 2.33. The smallest absolute Gasteiger partial charge is 0.181 e. The van der Waals surface area contributed by atoms with Gasteiger partial charge in [0.2, 0.25) is 0 Å². The molecule has 0 aliphatic carbocycles. The van der Waals surface area contributed by atoms with E-state index < -0.39 is 0 Å². The first-order chi connectivity index (χ1) is 10.3. The third-order valence-corrected chi connectivity index (χ3v) is 3.05. The zero-order valence-corrected chi connectivity index (χ0v) is 11.5. The third-order valence-electron chi connectivity index (χ3n) is 3.05. The molecule has 5 nitrogen and oxygen atoms in total. The molecular weight excluding hydrogens is 264 g/mol. The number of nitrogens with two attached hydrogens (primary N) is 1. The van der Waals surface area contributed by atoms with Gasteiger partial charge in [-0.05, 0) is 36.4 Å². The molecule has 2 aromatic carbocycles. The fourth-order valence-corrected chi connectivity index (χ4v) is 1.95. The first kappa shape index (κ1) is 13.2. The molecule has 106 valence electrons. The Morgan fingerprint density at radius 2 is 1.76 bits per heavy atom. The number of nitrogens with one attached hydrogen (secondary N) is 1. The van der Waals surface area contributed by atoms with E-state index in [0.717, 1.165) is 22.8 Å². The van der Waals surface area contributed by atoms with Crippen molar-refractivity contribution in [2.45, 2.75) is 6.42 Å². The van der Waals surface area contributed by atoms with E-state index in [-0.39, 0.29) is 0 Å². The Morgan fingerprint density at radius 3 is 2.52 bits per heavy atom. The average molecular weight is 280 g/mol. The average Bonchev–Trinajstić information content (AvgIpc) is 2.98. The van der Waals surface area contributed by atoms with Gasteiger partial charge in [-0.25, -0.2) is 4.98 Å². The molecule has 0 bridgehead atoms. The van der Waals surface area contributed by atoms with E-state index in [1.165, 1.54) is 0 Å². The number of H-pyrrole nitrogens is 1. The minimum absolute atomic E-state index is 0.556. The highest BCUT2D eigenvalue weighted by Gasteiger charge is 2.05. The fraction of sp³-hybridized carbons (Fsp3) is 0.125. The van der Waals surface area contributed by atoms with E-state index in [1.54, 1.807) is 0 Å². The van der Waals surface area contributed by atoms with Crippen LogP contribution < -0.4 is 10.5 Å². The molecule has 1 heterocycles. The Labute approximate surface area is 122 Å². The molecule has 3 aromatic rings. The lowest BCUT2D eigenvalue weighted by Crippen LogP contribution is -2.02. The molecular formula is C16H16N4O. The number of ether oxygens (including phenoxy) is 1. The highest BCUT2D eigenvalue weighted by atomic mass is 16.5. The normalized spacial score (nSPS) is 10.5. The minimum atomic E-state index is 0.556. The Bertz CT molecular complexity index is 692. The van der Waals surface area contributed by atoms with E-state index in [2.05, 4.69) is 15.2 Å². The first-order valence-electron chi connectivity index (χ1n) is 6.76. The zero-order chi connectivity index (χ0) is 14.5. The van der Waals surface area contributed by atoms with Gasteiger partial charge in [-0.3, -0.25) is 5.10 Å². The highest BCUT2D eigenvalue weighted by molar-refractivity contribution is 5.58. The molecule has 21 heavy (non-hydrogen) atoms. The van der Waals surface area contributed by atoms with Crippen LogP contribution in [0.2, 0.25) is 0 Å². The number of hydrogen-bond acceptors (Lipinski definition) is 4. The van der Waals surface area contributed by atoms with Gasteiger partial charge in [-0.1, -0.05) is 18.2 Å². The Hall–Kier alpha value is -2.82. The summed E-state index contributed by atoms with van der Waals surface area (Å²) in [4.78, 5) is 4.45. The van der Waals surface area contributed by atoms with Crippen LogP contribution in [-0.2, 0) is 6.42 Å². The van der Waals surface area contributed by atoms with Crippen molar-refractivity contribution >= 4 is 5.69 Å². The molecule has 0 saturated carbocycles. The predicted molar refractivity (Wildman–Crippen MR) is 81.9 cm³/mol. The fourth-order valence-electron chi connectivity index (χ4n) is 1.95. The van der Waals surface area contributed by atoms with Gasteiger partial charge < -0.3 is 10.5 Å².